The minimum atomic E-state index is -0.0589. The molecule has 186 valence electrons. The van der Waals surface area contributed by atoms with Crippen LogP contribution in [0.1, 0.15) is 103 Å². The molecule has 0 heterocycles. The van der Waals surface area contributed by atoms with Gasteiger partial charge in [0, 0.05) is 13.1 Å². The standard InChI is InChI=1S/C24H44N2S6/c27-19-9-17-25(23(31)13-5-1-6-14-23)21(29)11-3-4-12-22(30)26(18-10-20-28)24(32)15-7-2-8-16-24/h27-28,31-32H,1-20H2. The Hall–Kier alpha value is 1.18. The summed E-state index contributed by atoms with van der Waals surface area (Å²) in [4.78, 5) is 6.91. The van der Waals surface area contributed by atoms with Crippen molar-refractivity contribution in [2.45, 2.75) is 112 Å². The van der Waals surface area contributed by atoms with Crippen molar-refractivity contribution in [2.75, 3.05) is 24.6 Å². The molecule has 0 unspecified atom stereocenters. The number of unbranched alkanes of at least 4 members (excludes halogenated alkanes) is 1. The molecule has 0 aromatic carbocycles. The first-order chi connectivity index (χ1) is 15.4. The molecule has 2 rings (SSSR count). The Morgan fingerprint density at radius 3 is 1.25 bits per heavy atom. The van der Waals surface area contributed by atoms with E-state index in [0.29, 0.717) is 0 Å². The second-order valence-electron chi connectivity index (χ2n) is 9.54. The SMILES string of the molecule is S=C(CCCCC(=S)N(CCCS)C1(S)CCCCC1)N(CCCS)C1(S)CCCCC1. The molecule has 0 aromatic rings. The molecule has 32 heavy (non-hydrogen) atoms. The monoisotopic (exact) mass is 552 g/mol. The molecule has 0 N–H and O–H groups in total. The van der Waals surface area contributed by atoms with Crippen LogP contribution in [0.25, 0.3) is 0 Å². The predicted octanol–water partition coefficient (Wildman–Crippen LogP) is 7.63. The van der Waals surface area contributed by atoms with Crippen LogP contribution in [-0.4, -0.2) is 54.1 Å². The van der Waals surface area contributed by atoms with Gasteiger partial charge in [0.15, 0.2) is 0 Å². The summed E-state index contributed by atoms with van der Waals surface area (Å²) in [5.74, 6) is 1.79. The van der Waals surface area contributed by atoms with Gasteiger partial charge in [0.2, 0.25) is 0 Å². The van der Waals surface area contributed by atoms with Gasteiger partial charge in [0.05, 0.1) is 19.7 Å². The molecule has 0 radical (unpaired) electrons. The summed E-state index contributed by atoms with van der Waals surface area (Å²) < 4.78 is 0. The third-order valence-corrected chi connectivity index (χ3v) is 9.89. The lowest BCUT2D eigenvalue weighted by molar-refractivity contribution is 0.211. The van der Waals surface area contributed by atoms with Crippen LogP contribution in [0.4, 0.5) is 0 Å². The van der Waals surface area contributed by atoms with Gasteiger partial charge < -0.3 is 9.80 Å². The van der Waals surface area contributed by atoms with Gasteiger partial charge in [0.25, 0.3) is 0 Å². The van der Waals surface area contributed by atoms with E-state index < -0.39 is 0 Å². The Morgan fingerprint density at radius 1 is 0.594 bits per heavy atom. The molecule has 2 aliphatic carbocycles. The highest BCUT2D eigenvalue weighted by atomic mass is 32.1. The fourth-order valence-corrected chi connectivity index (χ4v) is 7.50. The van der Waals surface area contributed by atoms with Gasteiger partial charge in [-0.05, 0) is 75.7 Å². The van der Waals surface area contributed by atoms with E-state index in [1.165, 1.54) is 38.5 Å². The Kier molecular flexibility index (Phi) is 14.1. The van der Waals surface area contributed by atoms with Crippen LogP contribution in [0.5, 0.6) is 0 Å². The number of thiol groups is 4. The molecular formula is C24H44N2S6. The Morgan fingerprint density at radius 2 is 0.938 bits per heavy atom. The summed E-state index contributed by atoms with van der Waals surface area (Å²) in [7, 11) is 0. The second kappa shape index (κ2) is 15.3. The average Bonchev–Trinajstić information content (AvgIpc) is 2.78. The molecule has 0 bridgehead atoms. The van der Waals surface area contributed by atoms with Crippen LogP contribution >= 0.6 is 75.0 Å². The number of hydrogen-bond acceptors (Lipinski definition) is 6. The van der Waals surface area contributed by atoms with Gasteiger partial charge in [-0.1, -0.05) is 63.0 Å². The first-order valence-electron chi connectivity index (χ1n) is 12.6. The van der Waals surface area contributed by atoms with Gasteiger partial charge in [-0.25, -0.2) is 0 Å². The summed E-state index contributed by atoms with van der Waals surface area (Å²) in [6.07, 6.45) is 18.4. The lowest BCUT2D eigenvalue weighted by Gasteiger charge is -2.45. The van der Waals surface area contributed by atoms with Crippen molar-refractivity contribution >= 4 is 84.9 Å². The van der Waals surface area contributed by atoms with Crippen LogP contribution in [0.3, 0.4) is 0 Å². The lowest BCUT2D eigenvalue weighted by Crippen LogP contribution is -2.49. The third-order valence-electron chi connectivity index (χ3n) is 7.03. The molecule has 2 saturated carbocycles. The molecule has 2 nitrogen and oxygen atoms in total. The van der Waals surface area contributed by atoms with Gasteiger partial charge in [0.1, 0.15) is 0 Å². The van der Waals surface area contributed by atoms with E-state index in [0.717, 1.165) is 98.8 Å². The maximum Gasteiger partial charge on any atom is 0.0836 e. The largest absolute Gasteiger partial charge is 0.352 e. The highest BCUT2D eigenvalue weighted by Gasteiger charge is 2.36. The molecule has 0 spiro atoms. The van der Waals surface area contributed by atoms with Crippen molar-refractivity contribution in [1.29, 1.82) is 0 Å². The van der Waals surface area contributed by atoms with Gasteiger partial charge in [-0.3, -0.25) is 0 Å². The minimum Gasteiger partial charge on any atom is -0.352 e. The number of rotatable bonds is 13. The first-order valence-corrected chi connectivity index (χ1v) is 15.6. The van der Waals surface area contributed by atoms with Crippen molar-refractivity contribution in [3.8, 4) is 0 Å². The highest BCUT2D eigenvalue weighted by molar-refractivity contribution is 7.82. The molecule has 2 fully saturated rings. The molecule has 8 heteroatoms. The summed E-state index contributed by atoms with van der Waals surface area (Å²) >= 11 is 31.0. The van der Waals surface area contributed by atoms with Crippen LogP contribution in [0, 0.1) is 0 Å². The maximum absolute atomic E-state index is 5.94. The third kappa shape index (κ3) is 9.00. The lowest BCUT2D eigenvalue weighted by atomic mass is 9.92. The first kappa shape index (κ1) is 29.4. The predicted molar refractivity (Wildman–Crippen MR) is 164 cm³/mol. The van der Waals surface area contributed by atoms with Crippen LogP contribution in [0.2, 0.25) is 0 Å². The van der Waals surface area contributed by atoms with Crippen molar-refractivity contribution in [2.24, 2.45) is 0 Å². The summed E-state index contributed by atoms with van der Waals surface area (Å²) in [5.41, 5.74) is 0. The van der Waals surface area contributed by atoms with Gasteiger partial charge in [-0.2, -0.15) is 50.5 Å². The highest BCUT2D eigenvalue weighted by Crippen LogP contribution is 2.39. The zero-order valence-electron chi connectivity index (χ0n) is 19.6. The fraction of sp³-hybridized carbons (Fsp3) is 0.917. The number of hydrogen-bond donors (Lipinski definition) is 4. The van der Waals surface area contributed by atoms with E-state index in [-0.39, 0.29) is 9.74 Å². The number of nitrogens with zero attached hydrogens (tertiary/aromatic N) is 2. The maximum atomic E-state index is 5.94. The molecular weight excluding hydrogens is 509 g/mol. The molecule has 0 aliphatic heterocycles. The van der Waals surface area contributed by atoms with Crippen LogP contribution < -0.4 is 0 Å². The minimum absolute atomic E-state index is 0.0589. The normalized spacial score (nSPS) is 20.0. The number of thiocarbonyl (C=S) groups is 2. The average molecular weight is 553 g/mol. The summed E-state index contributed by atoms with van der Waals surface area (Å²) in [6, 6.07) is 0. The molecule has 0 saturated heterocycles. The zero-order chi connectivity index (χ0) is 23.5. The van der Waals surface area contributed by atoms with E-state index in [9.17, 15) is 0 Å². The zero-order valence-corrected chi connectivity index (χ0v) is 24.9. The summed E-state index contributed by atoms with van der Waals surface area (Å²) in [6.45, 7) is 1.95. The van der Waals surface area contributed by atoms with Crippen molar-refractivity contribution in [3.05, 3.63) is 0 Å². The van der Waals surface area contributed by atoms with Crippen LogP contribution in [-0.2, 0) is 0 Å². The second-order valence-corrected chi connectivity index (χ2v) is 13.0. The van der Waals surface area contributed by atoms with E-state index in [4.69, 9.17) is 49.7 Å². The molecule has 0 aromatic heterocycles. The Bertz CT molecular complexity index is 523. The van der Waals surface area contributed by atoms with E-state index in [2.05, 4.69) is 35.1 Å². The van der Waals surface area contributed by atoms with Gasteiger partial charge in [-0.15, -0.1) is 0 Å². The van der Waals surface area contributed by atoms with E-state index >= 15 is 0 Å². The smallest absolute Gasteiger partial charge is 0.0836 e. The van der Waals surface area contributed by atoms with Crippen molar-refractivity contribution in [3.63, 3.8) is 0 Å². The van der Waals surface area contributed by atoms with Crippen molar-refractivity contribution < 1.29 is 0 Å². The Balaban J connectivity index is 1.86. The Labute approximate surface area is 230 Å². The summed E-state index contributed by atoms with van der Waals surface area (Å²) in [5, 5.41) is 0. The quantitative estimate of drug-likeness (QED) is 0.0807. The van der Waals surface area contributed by atoms with E-state index in [1.54, 1.807) is 0 Å². The van der Waals surface area contributed by atoms with Gasteiger partial charge >= 0.3 is 0 Å². The van der Waals surface area contributed by atoms with Crippen LogP contribution in [0.15, 0.2) is 0 Å². The van der Waals surface area contributed by atoms with Crippen molar-refractivity contribution in [1.82, 2.24) is 9.80 Å². The molecule has 0 atom stereocenters. The molecule has 2 aliphatic rings. The fourth-order valence-electron chi connectivity index (χ4n) is 5.19. The molecule has 0 amide bonds. The van der Waals surface area contributed by atoms with E-state index in [1.807, 2.05) is 0 Å². The topological polar surface area (TPSA) is 6.48 Å².